The molecule has 0 saturated carbocycles. The van der Waals surface area contributed by atoms with Gasteiger partial charge in [0, 0.05) is 31.3 Å². The van der Waals surface area contributed by atoms with Gasteiger partial charge in [-0.2, -0.15) is 0 Å². The van der Waals surface area contributed by atoms with Crippen LogP contribution in [-0.2, 0) is 0 Å². The van der Waals surface area contributed by atoms with Gasteiger partial charge in [0.2, 0.25) is 0 Å². The molecule has 128 valence electrons. The maximum absolute atomic E-state index is 13.3. The summed E-state index contributed by atoms with van der Waals surface area (Å²) in [6.07, 6.45) is 10.7. The number of nitrogens with zero attached hydrogens (tertiary/aromatic N) is 4. The average molecular weight is 352 g/mol. The summed E-state index contributed by atoms with van der Waals surface area (Å²) < 4.78 is 1.95. The molecule has 0 aliphatic carbocycles. The fourth-order valence-corrected chi connectivity index (χ4v) is 4.37. The Kier molecular flexibility index (Phi) is 4.36. The number of amides is 1. The van der Waals surface area contributed by atoms with Gasteiger partial charge in [0.05, 0.1) is 11.7 Å². The molecule has 0 aromatic carbocycles. The minimum absolute atomic E-state index is 0.0851. The van der Waals surface area contributed by atoms with Crippen LogP contribution in [0.4, 0.5) is 0 Å². The van der Waals surface area contributed by atoms with E-state index in [2.05, 4.69) is 16.0 Å². The van der Waals surface area contributed by atoms with Crippen LogP contribution < -0.4 is 0 Å². The van der Waals surface area contributed by atoms with E-state index in [1.54, 1.807) is 6.20 Å². The van der Waals surface area contributed by atoms with E-state index in [9.17, 15) is 4.79 Å². The van der Waals surface area contributed by atoms with Crippen LogP contribution in [0.5, 0.6) is 0 Å². The van der Waals surface area contributed by atoms with Gasteiger partial charge < -0.3 is 9.47 Å². The van der Waals surface area contributed by atoms with Crippen LogP contribution in [0.15, 0.2) is 49.1 Å². The summed E-state index contributed by atoms with van der Waals surface area (Å²) in [7, 11) is 0. The molecule has 1 saturated heterocycles. The number of carbonyl (C=O) groups is 1. The minimum Gasteiger partial charge on any atom is -0.331 e. The Balaban J connectivity index is 1.65. The molecule has 3 aromatic rings. The largest absolute Gasteiger partial charge is 0.331 e. The van der Waals surface area contributed by atoms with Gasteiger partial charge in [0.25, 0.3) is 5.91 Å². The number of hydrogen-bond donors (Lipinski definition) is 0. The van der Waals surface area contributed by atoms with E-state index in [0.717, 1.165) is 47.1 Å². The van der Waals surface area contributed by atoms with Crippen molar-refractivity contribution in [2.24, 2.45) is 0 Å². The molecular weight excluding hydrogens is 332 g/mol. The third-order valence-corrected chi connectivity index (χ3v) is 5.80. The molecular formula is C19H20N4OS. The highest BCUT2D eigenvalue weighted by Crippen LogP contribution is 2.33. The van der Waals surface area contributed by atoms with E-state index >= 15 is 0 Å². The van der Waals surface area contributed by atoms with E-state index in [4.69, 9.17) is 0 Å². The van der Waals surface area contributed by atoms with E-state index in [-0.39, 0.29) is 11.9 Å². The van der Waals surface area contributed by atoms with Crippen molar-refractivity contribution in [3.63, 3.8) is 0 Å². The van der Waals surface area contributed by atoms with Crippen molar-refractivity contribution in [2.45, 2.75) is 32.2 Å². The number of rotatable bonds is 3. The Morgan fingerprint density at radius 3 is 2.84 bits per heavy atom. The fourth-order valence-electron chi connectivity index (χ4n) is 3.38. The first kappa shape index (κ1) is 16.0. The maximum Gasteiger partial charge on any atom is 0.266 e. The molecule has 0 bridgehead atoms. The first-order valence-corrected chi connectivity index (χ1v) is 9.37. The summed E-state index contributed by atoms with van der Waals surface area (Å²) in [4.78, 5) is 24.8. The van der Waals surface area contributed by atoms with Crippen LogP contribution in [0.2, 0.25) is 0 Å². The zero-order valence-corrected chi connectivity index (χ0v) is 14.9. The van der Waals surface area contributed by atoms with E-state index in [1.165, 1.54) is 11.3 Å². The summed E-state index contributed by atoms with van der Waals surface area (Å²) in [5, 5.41) is 0.834. The molecule has 1 aliphatic heterocycles. The van der Waals surface area contributed by atoms with Crippen LogP contribution in [0.1, 0.15) is 46.2 Å². The molecule has 25 heavy (non-hydrogen) atoms. The highest BCUT2D eigenvalue weighted by molar-refractivity contribution is 7.16. The lowest BCUT2D eigenvalue weighted by molar-refractivity contribution is 0.0615. The number of pyridine rings is 1. The van der Waals surface area contributed by atoms with E-state index in [1.807, 2.05) is 53.2 Å². The van der Waals surface area contributed by atoms with Gasteiger partial charge in [-0.05, 0) is 49.9 Å². The molecule has 0 radical (unpaired) electrons. The molecule has 1 amide bonds. The van der Waals surface area contributed by atoms with Crippen LogP contribution in [0.3, 0.4) is 0 Å². The molecule has 0 spiro atoms. The highest BCUT2D eigenvalue weighted by Gasteiger charge is 2.31. The number of piperidine rings is 1. The second-order valence-electron chi connectivity index (χ2n) is 6.30. The second kappa shape index (κ2) is 6.80. The van der Waals surface area contributed by atoms with Crippen molar-refractivity contribution in [1.82, 2.24) is 19.4 Å². The van der Waals surface area contributed by atoms with Gasteiger partial charge in [-0.1, -0.05) is 17.4 Å². The number of likely N-dealkylation sites (tertiary alicyclic amines) is 1. The molecule has 3 aromatic heterocycles. The first-order chi connectivity index (χ1) is 12.2. The van der Waals surface area contributed by atoms with E-state index < -0.39 is 0 Å². The van der Waals surface area contributed by atoms with E-state index in [0.29, 0.717) is 0 Å². The molecule has 1 unspecified atom stereocenters. The predicted molar refractivity (Wildman–Crippen MR) is 98.0 cm³/mol. The van der Waals surface area contributed by atoms with Crippen molar-refractivity contribution < 1.29 is 4.79 Å². The zero-order valence-electron chi connectivity index (χ0n) is 14.1. The van der Waals surface area contributed by atoms with Crippen molar-refractivity contribution in [2.75, 3.05) is 6.54 Å². The van der Waals surface area contributed by atoms with Gasteiger partial charge in [-0.25, -0.2) is 4.98 Å². The lowest BCUT2D eigenvalue weighted by atomic mass is 9.96. The summed E-state index contributed by atoms with van der Waals surface area (Å²) in [6, 6.07) is 8.03. The van der Waals surface area contributed by atoms with Crippen molar-refractivity contribution >= 4 is 17.2 Å². The zero-order chi connectivity index (χ0) is 17.2. The molecule has 6 heteroatoms. The van der Waals surface area contributed by atoms with Crippen LogP contribution in [0, 0.1) is 6.92 Å². The van der Waals surface area contributed by atoms with Crippen molar-refractivity contribution in [3.05, 3.63) is 65.2 Å². The van der Waals surface area contributed by atoms with Crippen LogP contribution >= 0.6 is 11.3 Å². The number of carbonyl (C=O) groups excluding carboxylic acids is 1. The predicted octanol–water partition coefficient (Wildman–Crippen LogP) is 4.00. The Bertz CT molecular complexity index is 857. The third-order valence-electron chi connectivity index (χ3n) is 4.64. The fraction of sp³-hybridized carbons (Fsp3) is 0.316. The normalized spacial score (nSPS) is 17.6. The Labute approximate surface area is 151 Å². The number of aromatic nitrogens is 3. The lowest BCUT2D eigenvalue weighted by Crippen LogP contribution is -2.38. The van der Waals surface area contributed by atoms with Crippen LogP contribution in [0.25, 0.3) is 5.13 Å². The highest BCUT2D eigenvalue weighted by atomic mass is 32.1. The third kappa shape index (κ3) is 3.09. The molecule has 1 aliphatic rings. The molecule has 1 atom stereocenters. The van der Waals surface area contributed by atoms with Gasteiger partial charge in [0.1, 0.15) is 4.88 Å². The standard InChI is InChI=1S/C19H20N4OS/c1-14-17(25-19(21-14)22-10-4-5-11-22)18(24)23-12-3-2-8-16(23)15-7-6-9-20-13-15/h4-7,9-11,13,16H,2-3,8,12H2,1H3. The maximum atomic E-state index is 13.3. The smallest absolute Gasteiger partial charge is 0.266 e. The average Bonchev–Trinajstić information content (AvgIpc) is 3.31. The Morgan fingerprint density at radius 1 is 1.24 bits per heavy atom. The van der Waals surface area contributed by atoms with Gasteiger partial charge in [-0.15, -0.1) is 0 Å². The number of aryl methyl sites for hydroxylation is 1. The SMILES string of the molecule is Cc1nc(-n2cccc2)sc1C(=O)N1CCCCC1c1cccnc1. The van der Waals surface area contributed by atoms with Gasteiger partial charge in [-0.3, -0.25) is 9.78 Å². The summed E-state index contributed by atoms with van der Waals surface area (Å²) >= 11 is 1.46. The topological polar surface area (TPSA) is 51.0 Å². The second-order valence-corrected chi connectivity index (χ2v) is 7.28. The Morgan fingerprint density at radius 2 is 2.08 bits per heavy atom. The summed E-state index contributed by atoms with van der Waals surface area (Å²) in [5.74, 6) is 0.0851. The monoisotopic (exact) mass is 352 g/mol. The Hall–Kier alpha value is -2.47. The molecule has 4 rings (SSSR count). The van der Waals surface area contributed by atoms with Crippen LogP contribution in [-0.4, -0.2) is 31.9 Å². The lowest BCUT2D eigenvalue weighted by Gasteiger charge is -2.35. The molecule has 5 nitrogen and oxygen atoms in total. The summed E-state index contributed by atoms with van der Waals surface area (Å²) in [5.41, 5.74) is 1.91. The first-order valence-electron chi connectivity index (χ1n) is 8.55. The quantitative estimate of drug-likeness (QED) is 0.716. The molecule has 1 fully saturated rings. The molecule has 0 N–H and O–H groups in total. The summed E-state index contributed by atoms with van der Waals surface area (Å²) in [6.45, 7) is 2.70. The minimum atomic E-state index is 0.0851. The number of thiazole rings is 1. The van der Waals surface area contributed by atoms with Crippen molar-refractivity contribution in [1.29, 1.82) is 0 Å². The molecule has 4 heterocycles. The van der Waals surface area contributed by atoms with Crippen molar-refractivity contribution in [3.8, 4) is 5.13 Å². The van der Waals surface area contributed by atoms with Gasteiger partial charge >= 0.3 is 0 Å². The van der Waals surface area contributed by atoms with Gasteiger partial charge in [0.15, 0.2) is 5.13 Å². The number of hydrogen-bond acceptors (Lipinski definition) is 4.